The summed E-state index contributed by atoms with van der Waals surface area (Å²) in [5, 5.41) is 4.80. The number of para-hydroxylation sites is 1. The van der Waals surface area contributed by atoms with E-state index in [1.165, 1.54) is 16.5 Å². The lowest BCUT2D eigenvalue weighted by molar-refractivity contribution is 0.193. The molecule has 0 saturated carbocycles. The van der Waals surface area contributed by atoms with Crippen LogP contribution in [0.5, 0.6) is 0 Å². The minimum atomic E-state index is -0.194. The quantitative estimate of drug-likeness (QED) is 0.369. The van der Waals surface area contributed by atoms with Crippen molar-refractivity contribution in [3.63, 3.8) is 0 Å². The van der Waals surface area contributed by atoms with Crippen LogP contribution < -0.4 is 5.32 Å². The molecular formula is C26H24ClN3O. The van der Waals surface area contributed by atoms with Crippen LogP contribution in [0.4, 0.5) is 10.5 Å². The molecule has 4 aromatic rings. The van der Waals surface area contributed by atoms with Gasteiger partial charge in [-0.15, -0.1) is 0 Å². The maximum atomic E-state index is 13.4. The second-order valence-corrected chi connectivity index (χ2v) is 8.64. The molecule has 0 aliphatic carbocycles. The molecule has 31 heavy (non-hydrogen) atoms. The van der Waals surface area contributed by atoms with E-state index in [2.05, 4.69) is 59.7 Å². The van der Waals surface area contributed by atoms with Crippen molar-refractivity contribution in [2.24, 2.45) is 0 Å². The highest BCUT2D eigenvalue weighted by Gasteiger charge is 2.34. The number of hydrogen-bond acceptors (Lipinski definition) is 1. The van der Waals surface area contributed by atoms with E-state index in [1.807, 2.05) is 36.1 Å². The molecule has 2 heterocycles. The lowest BCUT2D eigenvalue weighted by atomic mass is 9.92. The predicted molar refractivity (Wildman–Crippen MR) is 127 cm³/mol. The van der Waals surface area contributed by atoms with Crippen LogP contribution in [0.2, 0.25) is 5.02 Å². The van der Waals surface area contributed by atoms with E-state index < -0.39 is 0 Å². The number of hydrogen-bond donors (Lipinski definition) is 2. The van der Waals surface area contributed by atoms with Crippen molar-refractivity contribution in [2.45, 2.75) is 26.3 Å². The normalized spacial score (nSPS) is 15.7. The van der Waals surface area contributed by atoms with Gasteiger partial charge in [-0.2, -0.15) is 0 Å². The fourth-order valence-corrected chi connectivity index (χ4v) is 4.75. The maximum Gasteiger partial charge on any atom is 0.322 e. The molecule has 2 N–H and O–H groups in total. The lowest BCUT2D eigenvalue weighted by Gasteiger charge is -2.36. The summed E-state index contributed by atoms with van der Waals surface area (Å²) in [6.45, 7) is 4.68. The van der Waals surface area contributed by atoms with Crippen molar-refractivity contribution in [3.8, 4) is 0 Å². The van der Waals surface area contributed by atoms with Gasteiger partial charge in [-0.3, -0.25) is 0 Å². The summed E-state index contributed by atoms with van der Waals surface area (Å²) in [4.78, 5) is 18.9. The average molecular weight is 430 g/mol. The standard InChI is InChI=1S/C26H24ClN3O/c1-16-7-10-18(11-8-16)25-24-20(19-5-3-4-6-22(19)28-24)13-14-30(25)26(31)29-23-12-9-17(2)15-21(23)27/h3-12,15,25,28H,13-14H2,1-2H3,(H,29,31)/t25-/m0/s1. The number of rotatable bonds is 2. The number of nitrogens with zero attached hydrogens (tertiary/aromatic N) is 1. The molecular weight excluding hydrogens is 406 g/mol. The van der Waals surface area contributed by atoms with E-state index in [4.69, 9.17) is 11.6 Å². The Morgan fingerprint density at radius 1 is 1.03 bits per heavy atom. The van der Waals surface area contributed by atoms with Gasteiger partial charge in [0.2, 0.25) is 0 Å². The largest absolute Gasteiger partial charge is 0.356 e. The SMILES string of the molecule is Cc1ccc([C@H]2c3[nH]c4ccccc4c3CCN2C(=O)Nc2ccc(C)cc2Cl)cc1. The number of aromatic nitrogens is 1. The monoisotopic (exact) mass is 429 g/mol. The van der Waals surface area contributed by atoms with Gasteiger partial charge >= 0.3 is 6.03 Å². The summed E-state index contributed by atoms with van der Waals surface area (Å²) in [5.41, 5.74) is 7.44. The van der Waals surface area contributed by atoms with Gasteiger partial charge in [-0.1, -0.05) is 65.7 Å². The molecule has 1 aliphatic rings. The van der Waals surface area contributed by atoms with Gasteiger partial charge in [-0.05, 0) is 55.2 Å². The Labute approximate surface area is 186 Å². The van der Waals surface area contributed by atoms with Crippen LogP contribution in [0.1, 0.15) is 34.0 Å². The Morgan fingerprint density at radius 2 is 1.77 bits per heavy atom. The van der Waals surface area contributed by atoms with Crippen LogP contribution in [0, 0.1) is 13.8 Å². The first-order valence-electron chi connectivity index (χ1n) is 10.5. The Morgan fingerprint density at radius 3 is 2.55 bits per heavy atom. The Bertz CT molecular complexity index is 1280. The highest BCUT2D eigenvalue weighted by molar-refractivity contribution is 6.33. The molecule has 0 radical (unpaired) electrons. The zero-order chi connectivity index (χ0) is 21.5. The van der Waals surface area contributed by atoms with Crippen LogP contribution in [0.15, 0.2) is 66.7 Å². The smallest absolute Gasteiger partial charge is 0.322 e. The zero-order valence-electron chi connectivity index (χ0n) is 17.6. The van der Waals surface area contributed by atoms with E-state index in [1.54, 1.807) is 0 Å². The second kappa shape index (κ2) is 7.78. The number of carbonyl (C=O) groups excluding carboxylic acids is 1. The van der Waals surface area contributed by atoms with Crippen LogP contribution >= 0.6 is 11.6 Å². The topological polar surface area (TPSA) is 48.1 Å². The zero-order valence-corrected chi connectivity index (χ0v) is 18.3. The van der Waals surface area contributed by atoms with Crippen molar-refractivity contribution in [1.82, 2.24) is 9.88 Å². The summed E-state index contributed by atoms with van der Waals surface area (Å²) < 4.78 is 0. The third-order valence-electron chi connectivity index (χ3n) is 6.05. The van der Waals surface area contributed by atoms with Gasteiger partial charge in [0.1, 0.15) is 0 Å². The van der Waals surface area contributed by atoms with Crippen molar-refractivity contribution >= 4 is 34.2 Å². The number of carbonyl (C=O) groups is 1. The van der Waals surface area contributed by atoms with Crippen molar-refractivity contribution in [2.75, 3.05) is 11.9 Å². The van der Waals surface area contributed by atoms with Crippen LogP contribution in [-0.4, -0.2) is 22.5 Å². The third kappa shape index (κ3) is 3.57. The summed E-state index contributed by atoms with van der Waals surface area (Å²) in [6, 6.07) is 22.1. The Balaban J connectivity index is 1.57. The minimum absolute atomic E-state index is 0.152. The van der Waals surface area contributed by atoms with Gasteiger partial charge in [-0.25, -0.2) is 4.79 Å². The summed E-state index contributed by atoms with van der Waals surface area (Å²) in [6.07, 6.45) is 0.802. The van der Waals surface area contributed by atoms with E-state index in [9.17, 15) is 4.79 Å². The molecule has 1 aliphatic heterocycles. The molecule has 1 atom stereocenters. The number of anilines is 1. The molecule has 0 fully saturated rings. The first kappa shape index (κ1) is 19.7. The fraction of sp³-hybridized carbons (Fsp3) is 0.192. The van der Waals surface area contributed by atoms with Gasteiger partial charge in [0.25, 0.3) is 0 Å². The van der Waals surface area contributed by atoms with Gasteiger partial charge < -0.3 is 15.2 Å². The van der Waals surface area contributed by atoms with Crippen molar-refractivity contribution < 1.29 is 4.79 Å². The predicted octanol–water partition coefficient (Wildman–Crippen LogP) is 6.62. The number of nitrogens with one attached hydrogen (secondary N) is 2. The van der Waals surface area contributed by atoms with Crippen molar-refractivity contribution in [1.29, 1.82) is 0 Å². The number of aryl methyl sites for hydroxylation is 2. The number of aromatic amines is 1. The van der Waals surface area contributed by atoms with Crippen LogP contribution in [0.3, 0.4) is 0 Å². The van der Waals surface area contributed by atoms with Crippen molar-refractivity contribution in [3.05, 3.63) is 99.7 Å². The summed E-state index contributed by atoms with van der Waals surface area (Å²) >= 11 is 6.38. The Hall–Kier alpha value is -3.24. The van der Waals surface area contributed by atoms with Gasteiger partial charge in [0.15, 0.2) is 0 Å². The van der Waals surface area contributed by atoms with E-state index in [-0.39, 0.29) is 12.1 Å². The second-order valence-electron chi connectivity index (χ2n) is 8.23. The van der Waals surface area contributed by atoms with E-state index in [0.29, 0.717) is 17.3 Å². The molecule has 156 valence electrons. The first-order valence-corrected chi connectivity index (χ1v) is 10.9. The Kier molecular flexibility index (Phi) is 4.95. The molecule has 0 saturated heterocycles. The first-order chi connectivity index (χ1) is 15.0. The summed E-state index contributed by atoms with van der Waals surface area (Å²) in [5.74, 6) is 0. The molecule has 0 unspecified atom stereocenters. The number of amides is 2. The minimum Gasteiger partial charge on any atom is -0.356 e. The van der Waals surface area contributed by atoms with Gasteiger partial charge in [0.05, 0.1) is 16.8 Å². The summed E-state index contributed by atoms with van der Waals surface area (Å²) in [7, 11) is 0. The number of urea groups is 1. The molecule has 5 rings (SSSR count). The molecule has 0 spiro atoms. The third-order valence-corrected chi connectivity index (χ3v) is 6.37. The molecule has 3 aromatic carbocycles. The maximum absolute atomic E-state index is 13.4. The highest BCUT2D eigenvalue weighted by Crippen LogP contribution is 2.39. The molecule has 5 heteroatoms. The molecule has 1 aromatic heterocycles. The molecule has 4 nitrogen and oxygen atoms in total. The van der Waals surface area contributed by atoms with E-state index in [0.717, 1.165) is 28.8 Å². The lowest BCUT2D eigenvalue weighted by Crippen LogP contribution is -2.43. The van der Waals surface area contributed by atoms with E-state index >= 15 is 0 Å². The average Bonchev–Trinajstić information content (AvgIpc) is 3.14. The fourth-order valence-electron chi connectivity index (χ4n) is 4.46. The van der Waals surface area contributed by atoms with Crippen LogP contribution in [-0.2, 0) is 6.42 Å². The molecule has 0 bridgehead atoms. The number of H-pyrrole nitrogens is 1. The molecule has 2 amide bonds. The van der Waals surface area contributed by atoms with Crippen LogP contribution in [0.25, 0.3) is 10.9 Å². The number of benzene rings is 3. The number of fused-ring (bicyclic) bond motifs is 3. The number of halogens is 1. The highest BCUT2D eigenvalue weighted by atomic mass is 35.5. The van der Waals surface area contributed by atoms with Gasteiger partial charge in [0, 0.05) is 23.1 Å².